The molecule has 0 bridgehead atoms. The smallest absolute Gasteiger partial charge is 0.259 e. The predicted octanol–water partition coefficient (Wildman–Crippen LogP) is 3.30. The highest BCUT2D eigenvalue weighted by atomic mass is 16.5. The largest absolute Gasteiger partial charge is 0.355 e. The molecule has 1 N–H and O–H groups in total. The minimum absolute atomic E-state index is 0.159. The first-order valence-corrected chi connectivity index (χ1v) is 9.18. The second kappa shape index (κ2) is 6.94. The molecule has 1 fully saturated rings. The number of hydrogen-bond donors (Lipinski definition) is 1. The van der Waals surface area contributed by atoms with Gasteiger partial charge >= 0.3 is 0 Å². The molecule has 3 aromatic rings. The maximum Gasteiger partial charge on any atom is 0.259 e. The van der Waals surface area contributed by atoms with Gasteiger partial charge < -0.3 is 14.7 Å². The second-order valence-electron chi connectivity index (χ2n) is 7.11. The van der Waals surface area contributed by atoms with Gasteiger partial charge in [-0.05, 0) is 31.7 Å². The Labute approximate surface area is 157 Å². The first kappa shape index (κ1) is 17.4. The molecule has 8 nitrogen and oxygen atoms in total. The SMILES string of the molecule is Cc1noc2nc(C(C)C)cc(C(=O)Nc3cncnc3N3CCCC3)c12. The summed E-state index contributed by atoms with van der Waals surface area (Å²) in [5.74, 6) is 0.671. The monoisotopic (exact) mass is 366 g/mol. The zero-order valence-corrected chi connectivity index (χ0v) is 15.7. The molecule has 0 radical (unpaired) electrons. The zero-order valence-electron chi connectivity index (χ0n) is 15.7. The lowest BCUT2D eigenvalue weighted by Gasteiger charge is -2.19. The highest BCUT2D eigenvalue weighted by molar-refractivity contribution is 6.13. The molecule has 27 heavy (non-hydrogen) atoms. The number of fused-ring (bicyclic) bond motifs is 1. The van der Waals surface area contributed by atoms with Gasteiger partial charge in [0.1, 0.15) is 12.0 Å². The van der Waals surface area contributed by atoms with Crippen LogP contribution in [-0.4, -0.2) is 39.1 Å². The van der Waals surface area contributed by atoms with Crippen LogP contribution in [0.1, 0.15) is 54.4 Å². The van der Waals surface area contributed by atoms with Crippen molar-refractivity contribution < 1.29 is 9.32 Å². The molecule has 140 valence electrons. The van der Waals surface area contributed by atoms with Gasteiger partial charge in [0.15, 0.2) is 5.82 Å². The molecule has 0 aliphatic carbocycles. The van der Waals surface area contributed by atoms with Crippen LogP contribution in [0.4, 0.5) is 11.5 Å². The summed E-state index contributed by atoms with van der Waals surface area (Å²) in [5.41, 5.74) is 2.91. The van der Waals surface area contributed by atoms with E-state index in [1.165, 1.54) is 6.33 Å². The predicted molar refractivity (Wildman–Crippen MR) is 102 cm³/mol. The fourth-order valence-corrected chi connectivity index (χ4v) is 3.37. The first-order chi connectivity index (χ1) is 13.0. The standard InChI is InChI=1S/C19H22N6O2/c1-11(2)14-8-13(16-12(3)24-27-19(16)23-14)18(26)22-15-9-20-10-21-17(15)25-6-4-5-7-25/h8-11H,4-7H2,1-3H3,(H,22,26). The Bertz CT molecular complexity index is 991. The van der Waals surface area contributed by atoms with Crippen LogP contribution < -0.4 is 10.2 Å². The second-order valence-corrected chi connectivity index (χ2v) is 7.11. The number of nitrogens with one attached hydrogen (secondary N) is 1. The maximum absolute atomic E-state index is 13.1. The Balaban J connectivity index is 1.73. The molecule has 0 spiro atoms. The van der Waals surface area contributed by atoms with Crippen molar-refractivity contribution in [3.8, 4) is 0 Å². The first-order valence-electron chi connectivity index (χ1n) is 9.18. The van der Waals surface area contributed by atoms with Crippen LogP contribution in [0.3, 0.4) is 0 Å². The molecular formula is C19H22N6O2. The van der Waals surface area contributed by atoms with Gasteiger partial charge in [-0.3, -0.25) is 4.79 Å². The van der Waals surface area contributed by atoms with Crippen LogP contribution in [0.25, 0.3) is 11.1 Å². The van der Waals surface area contributed by atoms with E-state index in [-0.39, 0.29) is 11.8 Å². The summed E-state index contributed by atoms with van der Waals surface area (Å²) >= 11 is 0. The Morgan fingerprint density at radius 2 is 2.07 bits per heavy atom. The summed E-state index contributed by atoms with van der Waals surface area (Å²) in [4.78, 5) is 28.3. The summed E-state index contributed by atoms with van der Waals surface area (Å²) in [7, 11) is 0. The topological polar surface area (TPSA) is 97.0 Å². The van der Waals surface area contributed by atoms with Crippen LogP contribution >= 0.6 is 0 Å². The number of aryl methyl sites for hydroxylation is 1. The van der Waals surface area contributed by atoms with Crippen LogP contribution in [0.15, 0.2) is 23.1 Å². The number of hydrogen-bond acceptors (Lipinski definition) is 7. The molecule has 1 saturated heterocycles. The van der Waals surface area contributed by atoms with E-state index in [0.717, 1.165) is 37.4 Å². The number of anilines is 2. The molecule has 4 heterocycles. The Kier molecular flexibility index (Phi) is 4.47. The number of carbonyl (C=O) groups is 1. The Morgan fingerprint density at radius 1 is 1.30 bits per heavy atom. The Hall–Kier alpha value is -3.03. The number of amides is 1. The van der Waals surface area contributed by atoms with E-state index in [1.807, 2.05) is 19.9 Å². The normalized spacial score (nSPS) is 14.3. The lowest BCUT2D eigenvalue weighted by Crippen LogP contribution is -2.22. The molecule has 0 unspecified atom stereocenters. The Morgan fingerprint density at radius 3 is 2.81 bits per heavy atom. The van der Waals surface area contributed by atoms with Gasteiger partial charge in [0.05, 0.1) is 22.8 Å². The van der Waals surface area contributed by atoms with E-state index < -0.39 is 0 Å². The zero-order chi connectivity index (χ0) is 19.0. The van der Waals surface area contributed by atoms with E-state index in [1.54, 1.807) is 13.1 Å². The van der Waals surface area contributed by atoms with Gasteiger partial charge in [-0.25, -0.2) is 15.0 Å². The summed E-state index contributed by atoms with van der Waals surface area (Å²) < 4.78 is 5.31. The molecule has 8 heteroatoms. The van der Waals surface area contributed by atoms with Crippen LogP contribution in [0.2, 0.25) is 0 Å². The fraction of sp³-hybridized carbons (Fsp3) is 0.421. The summed E-state index contributed by atoms with van der Waals surface area (Å²) in [6, 6.07) is 1.81. The number of rotatable bonds is 4. The highest BCUT2D eigenvalue weighted by Gasteiger charge is 2.22. The number of carbonyl (C=O) groups excluding carboxylic acids is 1. The molecule has 0 aromatic carbocycles. The maximum atomic E-state index is 13.1. The van der Waals surface area contributed by atoms with E-state index in [9.17, 15) is 4.79 Å². The van der Waals surface area contributed by atoms with Crippen LogP contribution in [0, 0.1) is 6.92 Å². The lowest BCUT2D eigenvalue weighted by atomic mass is 10.0. The minimum Gasteiger partial charge on any atom is -0.355 e. The molecule has 1 amide bonds. The van der Waals surface area contributed by atoms with Crippen LogP contribution in [0.5, 0.6) is 0 Å². The highest BCUT2D eigenvalue weighted by Crippen LogP contribution is 2.28. The van der Waals surface area contributed by atoms with Crippen molar-refractivity contribution in [2.45, 2.75) is 39.5 Å². The summed E-state index contributed by atoms with van der Waals surface area (Å²) in [5, 5.41) is 7.59. The molecule has 1 aliphatic rings. The molecule has 4 rings (SSSR count). The van der Waals surface area contributed by atoms with Crippen molar-refractivity contribution in [2.24, 2.45) is 0 Å². The van der Waals surface area contributed by atoms with Gasteiger partial charge in [-0.15, -0.1) is 0 Å². The molecule has 0 saturated carbocycles. The molecular weight excluding hydrogens is 344 g/mol. The third-order valence-corrected chi connectivity index (χ3v) is 4.82. The van der Waals surface area contributed by atoms with Crippen LogP contribution in [-0.2, 0) is 0 Å². The molecule has 1 aliphatic heterocycles. The fourth-order valence-electron chi connectivity index (χ4n) is 3.37. The molecule has 3 aromatic heterocycles. The number of nitrogens with zero attached hydrogens (tertiary/aromatic N) is 5. The quantitative estimate of drug-likeness (QED) is 0.756. The van der Waals surface area contributed by atoms with Crippen molar-refractivity contribution in [1.29, 1.82) is 0 Å². The van der Waals surface area contributed by atoms with Crippen molar-refractivity contribution >= 4 is 28.5 Å². The van der Waals surface area contributed by atoms with Gasteiger partial charge in [0.2, 0.25) is 0 Å². The third-order valence-electron chi connectivity index (χ3n) is 4.82. The van der Waals surface area contributed by atoms with E-state index >= 15 is 0 Å². The van der Waals surface area contributed by atoms with E-state index in [0.29, 0.717) is 28.0 Å². The number of aromatic nitrogens is 4. The van der Waals surface area contributed by atoms with Crippen molar-refractivity contribution in [1.82, 2.24) is 20.1 Å². The van der Waals surface area contributed by atoms with Gasteiger partial charge in [-0.1, -0.05) is 19.0 Å². The van der Waals surface area contributed by atoms with Gasteiger partial charge in [0, 0.05) is 18.8 Å². The van der Waals surface area contributed by atoms with E-state index in [4.69, 9.17) is 4.52 Å². The van der Waals surface area contributed by atoms with E-state index in [2.05, 4.69) is 30.3 Å². The lowest BCUT2D eigenvalue weighted by molar-refractivity contribution is 0.102. The van der Waals surface area contributed by atoms with Gasteiger partial charge in [0.25, 0.3) is 11.6 Å². The van der Waals surface area contributed by atoms with Crippen molar-refractivity contribution in [3.63, 3.8) is 0 Å². The summed E-state index contributed by atoms with van der Waals surface area (Å²) in [6.45, 7) is 7.72. The minimum atomic E-state index is -0.245. The third kappa shape index (κ3) is 3.22. The van der Waals surface area contributed by atoms with Crippen molar-refractivity contribution in [2.75, 3.05) is 23.3 Å². The number of pyridine rings is 1. The molecule has 0 atom stereocenters. The average Bonchev–Trinajstić information content (AvgIpc) is 3.32. The van der Waals surface area contributed by atoms with Gasteiger partial charge in [-0.2, -0.15) is 0 Å². The average molecular weight is 366 g/mol. The summed E-state index contributed by atoms with van der Waals surface area (Å²) in [6.07, 6.45) is 5.40. The van der Waals surface area contributed by atoms with Crippen molar-refractivity contribution in [3.05, 3.63) is 35.5 Å².